The van der Waals surface area contributed by atoms with Crippen molar-refractivity contribution in [1.29, 1.82) is 0 Å². The predicted molar refractivity (Wildman–Crippen MR) is 76.6 cm³/mol. The molecule has 0 bridgehead atoms. The number of hydrogen-bond donors (Lipinski definition) is 0. The molecule has 0 aliphatic carbocycles. The summed E-state index contributed by atoms with van der Waals surface area (Å²) in [6, 6.07) is 2.63. The highest BCUT2D eigenvalue weighted by Gasteiger charge is 2.41. The normalized spacial score (nSPS) is 19.1. The molecule has 1 aliphatic heterocycles. The van der Waals surface area contributed by atoms with E-state index < -0.39 is 45.0 Å². The number of nitrogens with zero attached hydrogens (tertiary/aromatic N) is 2. The molecule has 1 unspecified atom stereocenters. The van der Waals surface area contributed by atoms with Gasteiger partial charge in [-0.3, -0.25) is 14.9 Å². The average Bonchev–Trinajstić information content (AvgIpc) is 2.74. The monoisotopic (exact) mass is 400 g/mol. The van der Waals surface area contributed by atoms with E-state index in [9.17, 15) is 27.2 Å². The molecule has 1 amide bonds. The van der Waals surface area contributed by atoms with Gasteiger partial charge in [0.05, 0.1) is 4.92 Å². The summed E-state index contributed by atoms with van der Waals surface area (Å²) < 4.78 is 35.0. The fourth-order valence-corrected chi connectivity index (χ4v) is 3.24. The molecule has 0 N–H and O–H groups in total. The van der Waals surface area contributed by atoms with Crippen LogP contribution in [0, 0.1) is 10.1 Å². The van der Waals surface area contributed by atoms with Crippen LogP contribution >= 0.6 is 27.5 Å². The molecule has 1 heterocycles. The van der Waals surface area contributed by atoms with Crippen molar-refractivity contribution in [2.24, 2.45) is 0 Å². The van der Waals surface area contributed by atoms with Crippen molar-refractivity contribution in [3.05, 3.63) is 31.7 Å². The van der Waals surface area contributed by atoms with Gasteiger partial charge in [-0.1, -0.05) is 11.6 Å². The zero-order chi connectivity index (χ0) is 15.9. The van der Waals surface area contributed by atoms with E-state index in [1.807, 2.05) is 0 Å². The van der Waals surface area contributed by atoms with E-state index in [1.54, 1.807) is 0 Å². The van der Waals surface area contributed by atoms with E-state index in [4.69, 9.17) is 11.6 Å². The summed E-state index contributed by atoms with van der Waals surface area (Å²) >= 11 is 8.85. The third-order valence-electron chi connectivity index (χ3n) is 3.01. The zero-order valence-electron chi connectivity index (χ0n) is 10.1. The Morgan fingerprint density at radius 3 is 2.57 bits per heavy atom. The second-order valence-corrected chi connectivity index (χ2v) is 7.14. The van der Waals surface area contributed by atoms with Crippen molar-refractivity contribution < 1.29 is 22.0 Å². The van der Waals surface area contributed by atoms with Crippen LogP contribution in [0.5, 0.6) is 0 Å². The Bertz CT molecular complexity index is 741. The second kappa shape index (κ2) is 5.50. The van der Waals surface area contributed by atoms with Crippen LogP contribution in [0.3, 0.4) is 0 Å². The second-order valence-electron chi connectivity index (χ2n) is 4.29. The van der Waals surface area contributed by atoms with Crippen molar-refractivity contribution in [3.8, 4) is 0 Å². The highest BCUT2D eigenvalue weighted by molar-refractivity contribution is 9.10. The average molecular weight is 402 g/mol. The topological polar surface area (TPSA) is 97.6 Å². The van der Waals surface area contributed by atoms with E-state index in [0.717, 1.165) is 4.90 Å². The molecule has 11 heteroatoms. The van der Waals surface area contributed by atoms with Crippen molar-refractivity contribution in [2.75, 3.05) is 11.4 Å². The van der Waals surface area contributed by atoms with Crippen LogP contribution in [0.1, 0.15) is 6.42 Å². The Kier molecular flexibility index (Phi) is 4.22. The standard InChI is InChI=1S/C10H7BrClFN2O5S/c11-6-1-2-7(10(9(6)12)15(17)18)14-4-5(3-8(14)16)21(13,19)20/h1-2,5H,3-4H2. The van der Waals surface area contributed by atoms with Gasteiger partial charge in [-0.15, -0.1) is 3.89 Å². The number of nitro groups is 1. The fourth-order valence-electron chi connectivity index (χ4n) is 2.02. The largest absolute Gasteiger partial charge is 0.312 e. The van der Waals surface area contributed by atoms with Crippen LogP contribution in [0.15, 0.2) is 16.6 Å². The predicted octanol–water partition coefficient (Wildman–Crippen LogP) is 2.42. The van der Waals surface area contributed by atoms with Crippen molar-refractivity contribution in [3.63, 3.8) is 0 Å². The number of benzene rings is 1. The molecule has 114 valence electrons. The molecule has 1 aliphatic rings. The Morgan fingerprint density at radius 2 is 2.10 bits per heavy atom. The summed E-state index contributed by atoms with van der Waals surface area (Å²) in [5.74, 6) is -0.720. The van der Waals surface area contributed by atoms with Crippen LogP contribution in [-0.4, -0.2) is 31.0 Å². The van der Waals surface area contributed by atoms with Gasteiger partial charge in [0.2, 0.25) is 5.91 Å². The summed E-state index contributed by atoms with van der Waals surface area (Å²) in [7, 11) is -4.90. The molecular formula is C10H7BrClFN2O5S. The lowest BCUT2D eigenvalue weighted by Gasteiger charge is -2.17. The first-order chi connectivity index (χ1) is 9.62. The molecule has 21 heavy (non-hydrogen) atoms. The number of carbonyl (C=O) groups excluding carboxylic acids is 1. The number of halogens is 3. The summed E-state index contributed by atoms with van der Waals surface area (Å²) in [5.41, 5.74) is -0.708. The molecule has 0 saturated carbocycles. The summed E-state index contributed by atoms with van der Waals surface area (Å²) in [6.45, 7) is -0.490. The number of anilines is 1. The maximum atomic E-state index is 13.0. The van der Waals surface area contributed by atoms with E-state index in [0.29, 0.717) is 0 Å². The minimum absolute atomic E-state index is 0.163. The molecule has 2 rings (SSSR count). The van der Waals surface area contributed by atoms with Gasteiger partial charge in [-0.2, -0.15) is 8.42 Å². The quantitative estimate of drug-likeness (QED) is 0.440. The molecule has 0 spiro atoms. The number of amides is 1. The Hall–Kier alpha value is -1.26. The third-order valence-corrected chi connectivity index (χ3v) is 5.39. The molecule has 7 nitrogen and oxygen atoms in total. The van der Waals surface area contributed by atoms with E-state index in [-0.39, 0.29) is 15.2 Å². The summed E-state index contributed by atoms with van der Waals surface area (Å²) in [5, 5.41) is 9.35. The van der Waals surface area contributed by atoms with Gasteiger partial charge in [0.1, 0.15) is 16.0 Å². The summed E-state index contributed by atoms with van der Waals surface area (Å²) in [4.78, 5) is 23.0. The smallest absolute Gasteiger partial charge is 0.305 e. The van der Waals surface area contributed by atoms with Crippen molar-refractivity contribution in [2.45, 2.75) is 11.7 Å². The molecule has 1 saturated heterocycles. The van der Waals surface area contributed by atoms with E-state index >= 15 is 0 Å². The fraction of sp³-hybridized carbons (Fsp3) is 0.300. The lowest BCUT2D eigenvalue weighted by atomic mass is 10.2. The first-order valence-corrected chi connectivity index (χ1v) is 8.11. The van der Waals surface area contributed by atoms with Crippen LogP contribution in [-0.2, 0) is 15.0 Å². The van der Waals surface area contributed by atoms with Gasteiger partial charge < -0.3 is 4.90 Å². The maximum Gasteiger partial charge on any atom is 0.312 e. The molecule has 1 atom stereocenters. The highest BCUT2D eigenvalue weighted by atomic mass is 79.9. The third kappa shape index (κ3) is 3.01. The number of hydrogen-bond acceptors (Lipinski definition) is 5. The van der Waals surface area contributed by atoms with E-state index in [1.165, 1.54) is 12.1 Å². The number of rotatable bonds is 3. The van der Waals surface area contributed by atoms with Gasteiger partial charge in [-0.25, -0.2) is 0 Å². The molecule has 1 fully saturated rings. The van der Waals surface area contributed by atoms with E-state index in [2.05, 4.69) is 15.9 Å². The minimum atomic E-state index is -4.90. The number of nitro benzene ring substituents is 1. The maximum absolute atomic E-state index is 13.0. The Morgan fingerprint density at radius 1 is 1.48 bits per heavy atom. The van der Waals surface area contributed by atoms with Crippen molar-refractivity contribution in [1.82, 2.24) is 0 Å². The van der Waals surface area contributed by atoms with Crippen LogP contribution in [0.2, 0.25) is 5.02 Å². The lowest BCUT2D eigenvalue weighted by molar-refractivity contribution is -0.384. The van der Waals surface area contributed by atoms with Gasteiger partial charge in [-0.05, 0) is 28.1 Å². The van der Waals surface area contributed by atoms with Crippen molar-refractivity contribution >= 4 is 55.0 Å². The SMILES string of the molecule is O=C1CC(S(=O)(=O)F)CN1c1ccc(Br)c(Cl)c1[N+](=O)[O-]. The molecule has 0 aromatic heterocycles. The van der Waals surface area contributed by atoms with Gasteiger partial charge in [0.15, 0.2) is 0 Å². The van der Waals surface area contributed by atoms with Crippen LogP contribution in [0.25, 0.3) is 0 Å². The molecule has 0 radical (unpaired) electrons. The highest BCUT2D eigenvalue weighted by Crippen LogP contribution is 2.41. The molecular weight excluding hydrogens is 395 g/mol. The minimum Gasteiger partial charge on any atom is -0.305 e. The van der Waals surface area contributed by atoms with Gasteiger partial charge in [0, 0.05) is 17.4 Å². The summed E-state index contributed by atoms with van der Waals surface area (Å²) in [6.07, 6.45) is -0.566. The first kappa shape index (κ1) is 16.1. The molecule has 1 aromatic rings. The van der Waals surface area contributed by atoms with Gasteiger partial charge >= 0.3 is 15.9 Å². The Balaban J connectivity index is 2.51. The number of carbonyl (C=O) groups is 1. The lowest BCUT2D eigenvalue weighted by Crippen LogP contribution is -2.27. The van der Waals surface area contributed by atoms with Crippen LogP contribution in [0.4, 0.5) is 15.3 Å². The first-order valence-electron chi connectivity index (χ1n) is 5.49. The van der Waals surface area contributed by atoms with Gasteiger partial charge in [0.25, 0.3) is 0 Å². The molecule has 1 aromatic carbocycles. The zero-order valence-corrected chi connectivity index (χ0v) is 13.3. The van der Waals surface area contributed by atoms with Crippen LogP contribution < -0.4 is 4.90 Å². The Labute approximate surface area is 132 Å².